The average molecular weight is 383 g/mol. The topological polar surface area (TPSA) is 58.6 Å². The number of nitrogens with one attached hydrogen (secondary N) is 1. The number of amides is 2. The molecule has 28 heavy (non-hydrogen) atoms. The van der Waals surface area contributed by atoms with E-state index in [4.69, 9.17) is 4.74 Å². The van der Waals surface area contributed by atoms with E-state index in [0.717, 1.165) is 12.0 Å². The minimum Gasteiger partial charge on any atom is -0.484 e. The Morgan fingerprint density at radius 1 is 1.00 bits per heavy atom. The highest BCUT2D eigenvalue weighted by Crippen LogP contribution is 2.11. The number of benzene rings is 2. The van der Waals surface area contributed by atoms with E-state index in [0.29, 0.717) is 18.7 Å². The summed E-state index contributed by atoms with van der Waals surface area (Å²) in [6.45, 7) is 6.10. The second kappa shape index (κ2) is 11.1. The number of para-hydroxylation sites is 1. The van der Waals surface area contributed by atoms with E-state index in [1.54, 1.807) is 24.0 Å². The van der Waals surface area contributed by atoms with Crippen LogP contribution in [0.5, 0.6) is 5.75 Å². The van der Waals surface area contributed by atoms with Crippen molar-refractivity contribution < 1.29 is 14.3 Å². The van der Waals surface area contributed by atoms with Gasteiger partial charge in [-0.3, -0.25) is 9.59 Å². The maximum absolute atomic E-state index is 12.9. The van der Waals surface area contributed by atoms with Gasteiger partial charge in [-0.25, -0.2) is 0 Å². The molecule has 0 saturated heterocycles. The van der Waals surface area contributed by atoms with Crippen molar-refractivity contribution in [1.82, 2.24) is 10.2 Å². The molecule has 0 aliphatic rings. The highest BCUT2D eigenvalue weighted by Gasteiger charge is 2.26. The molecule has 150 valence electrons. The third kappa shape index (κ3) is 6.72. The summed E-state index contributed by atoms with van der Waals surface area (Å²) in [6, 6.07) is 18.7. The predicted octanol–water partition coefficient (Wildman–Crippen LogP) is 3.44. The van der Waals surface area contributed by atoms with Gasteiger partial charge in [0.1, 0.15) is 11.8 Å². The van der Waals surface area contributed by atoms with Crippen molar-refractivity contribution in [1.29, 1.82) is 0 Å². The van der Waals surface area contributed by atoms with Crippen molar-refractivity contribution in [2.24, 2.45) is 0 Å². The van der Waals surface area contributed by atoms with Gasteiger partial charge < -0.3 is 15.0 Å². The van der Waals surface area contributed by atoms with Gasteiger partial charge in [0.25, 0.3) is 5.91 Å². The van der Waals surface area contributed by atoms with E-state index in [9.17, 15) is 9.59 Å². The van der Waals surface area contributed by atoms with Crippen LogP contribution in [0.25, 0.3) is 0 Å². The maximum atomic E-state index is 12.9. The zero-order valence-corrected chi connectivity index (χ0v) is 16.9. The molecule has 2 aromatic carbocycles. The summed E-state index contributed by atoms with van der Waals surface area (Å²) in [5.74, 6) is 0.289. The summed E-state index contributed by atoms with van der Waals surface area (Å²) in [4.78, 5) is 27.1. The molecule has 2 unspecified atom stereocenters. The summed E-state index contributed by atoms with van der Waals surface area (Å²) >= 11 is 0. The zero-order valence-electron chi connectivity index (χ0n) is 16.9. The Morgan fingerprint density at radius 2 is 1.61 bits per heavy atom. The van der Waals surface area contributed by atoms with Gasteiger partial charge in [-0.15, -0.1) is 0 Å². The number of hydrogen-bond donors (Lipinski definition) is 1. The fourth-order valence-corrected chi connectivity index (χ4v) is 2.78. The van der Waals surface area contributed by atoms with E-state index in [1.165, 1.54) is 0 Å². The highest BCUT2D eigenvalue weighted by atomic mass is 16.5. The van der Waals surface area contributed by atoms with E-state index < -0.39 is 6.04 Å². The van der Waals surface area contributed by atoms with Crippen LogP contribution in [0.1, 0.15) is 32.8 Å². The third-order valence-corrected chi connectivity index (χ3v) is 4.76. The van der Waals surface area contributed by atoms with Crippen LogP contribution >= 0.6 is 0 Å². The van der Waals surface area contributed by atoms with Crippen LogP contribution < -0.4 is 10.1 Å². The second-order valence-corrected chi connectivity index (χ2v) is 6.92. The number of nitrogens with zero attached hydrogens (tertiary/aromatic N) is 1. The molecule has 0 aromatic heterocycles. The first-order valence-corrected chi connectivity index (χ1v) is 9.82. The molecule has 0 radical (unpaired) electrons. The van der Waals surface area contributed by atoms with E-state index in [2.05, 4.69) is 5.32 Å². The van der Waals surface area contributed by atoms with Crippen LogP contribution in [0, 0.1) is 0 Å². The van der Waals surface area contributed by atoms with Crippen molar-refractivity contribution in [3.63, 3.8) is 0 Å². The minimum atomic E-state index is -0.565. The molecule has 5 nitrogen and oxygen atoms in total. The highest BCUT2D eigenvalue weighted by molar-refractivity contribution is 5.88. The molecule has 0 fully saturated rings. The molecule has 2 rings (SSSR count). The molecule has 0 bridgehead atoms. The maximum Gasteiger partial charge on any atom is 0.261 e. The van der Waals surface area contributed by atoms with Gasteiger partial charge in [0.15, 0.2) is 6.61 Å². The lowest BCUT2D eigenvalue weighted by molar-refractivity contribution is -0.141. The van der Waals surface area contributed by atoms with Crippen molar-refractivity contribution >= 4 is 11.8 Å². The molecule has 0 aliphatic carbocycles. The molecule has 2 amide bonds. The Hall–Kier alpha value is -2.82. The Bertz CT molecular complexity index is 734. The van der Waals surface area contributed by atoms with Crippen LogP contribution in [-0.4, -0.2) is 41.9 Å². The van der Waals surface area contributed by atoms with Crippen molar-refractivity contribution in [3.8, 4) is 5.75 Å². The van der Waals surface area contributed by atoms with Crippen LogP contribution in [0.15, 0.2) is 60.7 Å². The van der Waals surface area contributed by atoms with Crippen LogP contribution in [0.3, 0.4) is 0 Å². The number of carbonyl (C=O) groups is 2. The van der Waals surface area contributed by atoms with Crippen LogP contribution in [-0.2, 0) is 16.0 Å². The quantitative estimate of drug-likeness (QED) is 0.685. The second-order valence-electron chi connectivity index (χ2n) is 6.92. The SMILES string of the molecule is CCC(C)NC(=O)C(C)N(CCc1ccccc1)C(=O)COc1ccccc1. The average Bonchev–Trinajstić information content (AvgIpc) is 2.73. The Balaban J connectivity index is 2.05. The molecule has 5 heteroatoms. The normalized spacial score (nSPS) is 12.7. The number of hydrogen-bond acceptors (Lipinski definition) is 3. The van der Waals surface area contributed by atoms with Crippen molar-refractivity contribution in [3.05, 3.63) is 66.2 Å². The number of rotatable bonds is 10. The molecule has 0 aliphatic heterocycles. The smallest absolute Gasteiger partial charge is 0.261 e. The van der Waals surface area contributed by atoms with Crippen molar-refractivity contribution in [2.45, 2.75) is 45.7 Å². The monoisotopic (exact) mass is 382 g/mol. The molecule has 2 atom stereocenters. The molecule has 1 N–H and O–H groups in total. The fourth-order valence-electron chi connectivity index (χ4n) is 2.78. The Kier molecular flexibility index (Phi) is 8.53. The summed E-state index contributed by atoms with van der Waals surface area (Å²) in [6.07, 6.45) is 1.52. The summed E-state index contributed by atoms with van der Waals surface area (Å²) in [5, 5.41) is 2.96. The summed E-state index contributed by atoms with van der Waals surface area (Å²) in [7, 11) is 0. The van der Waals surface area contributed by atoms with Crippen LogP contribution in [0.4, 0.5) is 0 Å². The Morgan fingerprint density at radius 3 is 2.21 bits per heavy atom. The molecular formula is C23H30N2O3. The molecule has 0 heterocycles. The first-order valence-electron chi connectivity index (χ1n) is 9.82. The zero-order chi connectivity index (χ0) is 20.4. The van der Waals surface area contributed by atoms with Gasteiger partial charge in [-0.2, -0.15) is 0 Å². The molecule has 0 spiro atoms. The molecular weight excluding hydrogens is 352 g/mol. The summed E-state index contributed by atoms with van der Waals surface area (Å²) < 4.78 is 5.61. The lowest BCUT2D eigenvalue weighted by Crippen LogP contribution is -2.51. The standard InChI is InChI=1S/C23H30N2O3/c1-4-18(2)24-23(27)19(3)25(16-15-20-11-7-5-8-12-20)22(26)17-28-21-13-9-6-10-14-21/h5-14,18-19H,4,15-17H2,1-3H3,(H,24,27). The lowest BCUT2D eigenvalue weighted by atomic mass is 10.1. The third-order valence-electron chi connectivity index (χ3n) is 4.76. The number of carbonyl (C=O) groups excluding carboxylic acids is 2. The summed E-state index contributed by atoms with van der Waals surface area (Å²) in [5.41, 5.74) is 1.12. The van der Waals surface area contributed by atoms with Gasteiger partial charge in [0, 0.05) is 12.6 Å². The lowest BCUT2D eigenvalue weighted by Gasteiger charge is -2.29. The van der Waals surface area contributed by atoms with E-state index in [1.807, 2.05) is 62.4 Å². The molecule has 0 saturated carbocycles. The molecule has 2 aromatic rings. The van der Waals surface area contributed by atoms with E-state index >= 15 is 0 Å². The van der Waals surface area contributed by atoms with Gasteiger partial charge in [0.2, 0.25) is 5.91 Å². The van der Waals surface area contributed by atoms with Crippen LogP contribution in [0.2, 0.25) is 0 Å². The van der Waals surface area contributed by atoms with Gasteiger partial charge >= 0.3 is 0 Å². The predicted molar refractivity (Wildman–Crippen MR) is 111 cm³/mol. The fraction of sp³-hybridized carbons (Fsp3) is 0.391. The minimum absolute atomic E-state index is 0.0709. The number of ether oxygens (including phenoxy) is 1. The van der Waals surface area contributed by atoms with Crippen molar-refractivity contribution in [2.75, 3.05) is 13.2 Å². The Labute approximate surface area is 167 Å². The first kappa shape index (κ1) is 21.5. The van der Waals surface area contributed by atoms with Gasteiger partial charge in [-0.1, -0.05) is 55.5 Å². The van der Waals surface area contributed by atoms with E-state index in [-0.39, 0.29) is 24.5 Å². The van der Waals surface area contributed by atoms with Gasteiger partial charge in [-0.05, 0) is 44.4 Å². The first-order chi connectivity index (χ1) is 13.5. The van der Waals surface area contributed by atoms with Gasteiger partial charge in [0.05, 0.1) is 0 Å². The largest absolute Gasteiger partial charge is 0.484 e.